The van der Waals surface area contributed by atoms with Crippen LogP contribution in [0.15, 0.2) is 0 Å². The summed E-state index contributed by atoms with van der Waals surface area (Å²) in [5.74, 6) is 0.307. The normalized spacial score (nSPS) is 12.5. The lowest BCUT2D eigenvalue weighted by Crippen LogP contribution is -2.14. The molecule has 1 rings (SSSR count). The van der Waals surface area contributed by atoms with Crippen molar-refractivity contribution in [2.75, 3.05) is 5.32 Å². The van der Waals surface area contributed by atoms with E-state index < -0.39 is 0 Å². The lowest BCUT2D eigenvalue weighted by atomic mass is 10.2. The van der Waals surface area contributed by atoms with Crippen molar-refractivity contribution in [3.05, 3.63) is 10.6 Å². The summed E-state index contributed by atoms with van der Waals surface area (Å²) in [6, 6.07) is 0. The highest BCUT2D eigenvalue weighted by molar-refractivity contribution is 6.31. The number of aromatic nitrogens is 3. The maximum absolute atomic E-state index is 6.06. The molecule has 1 heterocycles. The van der Waals surface area contributed by atoms with E-state index in [4.69, 9.17) is 34.8 Å². The van der Waals surface area contributed by atoms with Crippen molar-refractivity contribution in [2.45, 2.75) is 38.1 Å². The van der Waals surface area contributed by atoms with Gasteiger partial charge in [-0.2, -0.15) is 15.0 Å². The molecule has 0 saturated carbocycles. The van der Waals surface area contributed by atoms with Crippen molar-refractivity contribution < 1.29 is 0 Å². The van der Waals surface area contributed by atoms with E-state index in [0.717, 1.165) is 25.7 Å². The molecule has 0 bridgehead atoms. The van der Waals surface area contributed by atoms with Crippen molar-refractivity contribution in [1.82, 2.24) is 15.0 Å². The summed E-state index contributed by atoms with van der Waals surface area (Å²) in [4.78, 5) is 11.4. The van der Waals surface area contributed by atoms with Crippen LogP contribution in [-0.4, -0.2) is 20.5 Å². The molecule has 90 valence electrons. The number of hydrogen-bond donors (Lipinski definition) is 1. The minimum atomic E-state index is -0.221. The van der Waals surface area contributed by atoms with Crippen molar-refractivity contribution in [1.29, 1.82) is 0 Å². The standard InChI is InChI=1S/C9H13Cl3N4/c1-2-3-4-5-6(10)13-9-15-7(11)14-8(12)16-9/h6H,2-5H2,1H3,(H,13,14,15,16). The van der Waals surface area contributed by atoms with Crippen molar-refractivity contribution >= 4 is 40.8 Å². The molecule has 0 fully saturated rings. The van der Waals surface area contributed by atoms with Gasteiger partial charge in [-0.15, -0.1) is 0 Å². The third-order valence-corrected chi connectivity index (χ3v) is 2.59. The molecule has 1 atom stereocenters. The summed E-state index contributed by atoms with van der Waals surface area (Å²) >= 11 is 17.3. The van der Waals surface area contributed by atoms with E-state index in [-0.39, 0.29) is 16.1 Å². The molecule has 0 spiro atoms. The first-order valence-corrected chi connectivity index (χ1v) is 6.28. The van der Waals surface area contributed by atoms with Gasteiger partial charge in [0.05, 0.1) is 0 Å². The van der Waals surface area contributed by atoms with E-state index in [9.17, 15) is 0 Å². The number of nitrogens with zero attached hydrogens (tertiary/aromatic N) is 3. The molecule has 16 heavy (non-hydrogen) atoms. The lowest BCUT2D eigenvalue weighted by Gasteiger charge is -2.11. The topological polar surface area (TPSA) is 50.7 Å². The third-order valence-electron chi connectivity index (χ3n) is 1.93. The van der Waals surface area contributed by atoms with E-state index in [1.54, 1.807) is 0 Å². The highest BCUT2D eigenvalue weighted by atomic mass is 35.5. The molecule has 0 amide bonds. The zero-order chi connectivity index (χ0) is 12.0. The molecule has 0 aliphatic rings. The first-order valence-electron chi connectivity index (χ1n) is 5.09. The quantitative estimate of drug-likeness (QED) is 0.491. The molecule has 7 heteroatoms. The van der Waals surface area contributed by atoms with Crippen molar-refractivity contribution in [3.63, 3.8) is 0 Å². The summed E-state index contributed by atoms with van der Waals surface area (Å²) in [5.41, 5.74) is -0.221. The molecule has 1 aromatic rings. The molecule has 0 aliphatic carbocycles. The molecular weight excluding hydrogens is 270 g/mol. The molecule has 0 aliphatic heterocycles. The third kappa shape index (κ3) is 5.14. The Balaban J connectivity index is 2.45. The fourth-order valence-corrected chi connectivity index (χ4v) is 1.79. The summed E-state index contributed by atoms with van der Waals surface area (Å²) in [6.45, 7) is 2.14. The van der Waals surface area contributed by atoms with Gasteiger partial charge in [-0.05, 0) is 29.6 Å². The van der Waals surface area contributed by atoms with Gasteiger partial charge in [-0.1, -0.05) is 37.8 Å². The van der Waals surface area contributed by atoms with Gasteiger partial charge in [0.2, 0.25) is 16.5 Å². The van der Waals surface area contributed by atoms with E-state index >= 15 is 0 Å². The maximum Gasteiger partial charge on any atom is 0.229 e. The smallest absolute Gasteiger partial charge is 0.229 e. The maximum atomic E-state index is 6.06. The van der Waals surface area contributed by atoms with Gasteiger partial charge >= 0.3 is 0 Å². The average Bonchev–Trinajstić information content (AvgIpc) is 2.16. The second kappa shape index (κ2) is 7.09. The molecule has 0 saturated heterocycles. The highest BCUT2D eigenvalue weighted by Crippen LogP contribution is 2.14. The Morgan fingerprint density at radius 2 is 1.75 bits per heavy atom. The molecule has 4 nitrogen and oxygen atoms in total. The fraction of sp³-hybridized carbons (Fsp3) is 0.667. The summed E-state index contributed by atoms with van der Waals surface area (Å²) in [6.07, 6.45) is 4.22. The number of unbranched alkanes of at least 4 members (excludes halogenated alkanes) is 2. The summed E-state index contributed by atoms with van der Waals surface area (Å²) in [7, 11) is 0. The minimum absolute atomic E-state index is 0.0555. The van der Waals surface area contributed by atoms with Gasteiger partial charge in [0, 0.05) is 0 Å². The van der Waals surface area contributed by atoms with Crippen LogP contribution in [0.1, 0.15) is 32.6 Å². The Hall–Kier alpha value is -0.320. The Morgan fingerprint density at radius 3 is 2.31 bits per heavy atom. The van der Waals surface area contributed by atoms with Crippen LogP contribution in [0.5, 0.6) is 0 Å². The van der Waals surface area contributed by atoms with Gasteiger partial charge in [0.1, 0.15) is 5.50 Å². The van der Waals surface area contributed by atoms with Gasteiger partial charge in [0.15, 0.2) is 0 Å². The van der Waals surface area contributed by atoms with E-state index in [1.807, 2.05) is 0 Å². The zero-order valence-electron chi connectivity index (χ0n) is 8.88. The molecule has 1 N–H and O–H groups in total. The van der Waals surface area contributed by atoms with E-state index in [2.05, 4.69) is 27.2 Å². The first-order chi connectivity index (χ1) is 7.61. The largest absolute Gasteiger partial charge is 0.338 e. The van der Waals surface area contributed by atoms with Gasteiger partial charge in [-0.3, -0.25) is 0 Å². The minimum Gasteiger partial charge on any atom is -0.338 e. The highest BCUT2D eigenvalue weighted by Gasteiger charge is 2.08. The molecule has 1 unspecified atom stereocenters. The molecule has 0 aromatic carbocycles. The number of rotatable bonds is 6. The predicted octanol–water partition coefficient (Wildman–Crippen LogP) is 3.74. The van der Waals surface area contributed by atoms with Crippen LogP contribution in [0.4, 0.5) is 5.95 Å². The van der Waals surface area contributed by atoms with Gasteiger partial charge < -0.3 is 5.32 Å². The van der Waals surface area contributed by atoms with Crippen LogP contribution in [0.3, 0.4) is 0 Å². The predicted molar refractivity (Wildman–Crippen MR) is 67.3 cm³/mol. The Morgan fingerprint density at radius 1 is 1.12 bits per heavy atom. The molecule has 1 aromatic heterocycles. The van der Waals surface area contributed by atoms with Gasteiger partial charge in [-0.25, -0.2) is 0 Å². The number of alkyl halides is 1. The Kier molecular flexibility index (Phi) is 6.09. The average molecular weight is 284 g/mol. The van der Waals surface area contributed by atoms with Crippen LogP contribution in [-0.2, 0) is 0 Å². The number of hydrogen-bond acceptors (Lipinski definition) is 4. The van der Waals surface area contributed by atoms with Crippen molar-refractivity contribution in [2.24, 2.45) is 0 Å². The monoisotopic (exact) mass is 282 g/mol. The number of anilines is 1. The SMILES string of the molecule is CCCCCC(Cl)Nc1nc(Cl)nc(Cl)n1. The Labute approximate surface area is 110 Å². The van der Waals surface area contributed by atoms with Crippen molar-refractivity contribution in [3.8, 4) is 0 Å². The number of nitrogens with one attached hydrogen (secondary N) is 1. The molecule has 0 radical (unpaired) electrons. The van der Waals surface area contributed by atoms with Crippen LogP contribution >= 0.6 is 34.8 Å². The van der Waals surface area contributed by atoms with Gasteiger partial charge in [0.25, 0.3) is 0 Å². The van der Waals surface area contributed by atoms with Crippen LogP contribution in [0.25, 0.3) is 0 Å². The summed E-state index contributed by atoms with van der Waals surface area (Å²) < 4.78 is 0. The Bertz CT molecular complexity index is 314. The molecular formula is C9H13Cl3N4. The fourth-order valence-electron chi connectivity index (χ4n) is 1.18. The van der Waals surface area contributed by atoms with Crippen LogP contribution < -0.4 is 5.32 Å². The first kappa shape index (κ1) is 13.7. The second-order valence-corrected chi connectivity index (χ2v) is 4.51. The summed E-state index contributed by atoms with van der Waals surface area (Å²) in [5, 5.41) is 3.03. The van der Waals surface area contributed by atoms with Crippen LogP contribution in [0.2, 0.25) is 10.6 Å². The van der Waals surface area contributed by atoms with E-state index in [1.165, 1.54) is 0 Å². The number of halogens is 3. The van der Waals surface area contributed by atoms with E-state index in [0.29, 0.717) is 5.95 Å². The van der Waals surface area contributed by atoms with Crippen LogP contribution in [0, 0.1) is 0 Å². The lowest BCUT2D eigenvalue weighted by molar-refractivity contribution is 0.662. The second-order valence-electron chi connectivity index (χ2n) is 3.30. The zero-order valence-corrected chi connectivity index (χ0v) is 11.1.